The van der Waals surface area contributed by atoms with Gasteiger partial charge in [0.05, 0.1) is 10.8 Å². The van der Waals surface area contributed by atoms with Crippen LogP contribution in [0.3, 0.4) is 0 Å². The highest BCUT2D eigenvalue weighted by Crippen LogP contribution is 2.26. The van der Waals surface area contributed by atoms with Crippen molar-refractivity contribution in [2.75, 3.05) is 19.7 Å². The maximum atomic E-state index is 12.9. The molecule has 0 amide bonds. The second kappa shape index (κ2) is 7.55. The Bertz CT molecular complexity index is 930. The van der Waals surface area contributed by atoms with Crippen molar-refractivity contribution in [2.24, 2.45) is 5.92 Å². The van der Waals surface area contributed by atoms with Crippen molar-refractivity contribution in [1.29, 1.82) is 0 Å². The third-order valence-corrected chi connectivity index (χ3v) is 6.46. The zero-order valence-corrected chi connectivity index (χ0v) is 15.4. The molecule has 3 rings (SSSR count). The van der Waals surface area contributed by atoms with Crippen LogP contribution in [0, 0.1) is 5.92 Å². The second-order valence-electron chi connectivity index (χ2n) is 6.50. The van der Waals surface area contributed by atoms with Gasteiger partial charge in [-0.25, -0.2) is 8.42 Å². The predicted octanol–water partition coefficient (Wildman–Crippen LogP) is 2.37. The van der Waals surface area contributed by atoms with Crippen LogP contribution in [-0.2, 0) is 24.3 Å². The Morgan fingerprint density at radius 3 is 2.38 bits per heavy atom. The van der Waals surface area contributed by atoms with Crippen molar-refractivity contribution < 1.29 is 22.7 Å². The topological polar surface area (TPSA) is 80.8 Å². The van der Waals surface area contributed by atoms with Crippen molar-refractivity contribution in [3.05, 3.63) is 42.5 Å². The molecule has 0 atom stereocenters. The quantitative estimate of drug-likeness (QED) is 0.750. The number of nitrogens with zero attached hydrogens (tertiary/aromatic N) is 1. The number of piperidine rings is 1. The summed E-state index contributed by atoms with van der Waals surface area (Å²) in [4.78, 5) is 23.1. The summed E-state index contributed by atoms with van der Waals surface area (Å²) < 4.78 is 32.1. The van der Waals surface area contributed by atoms with E-state index in [0.29, 0.717) is 12.8 Å². The zero-order chi connectivity index (χ0) is 18.7. The second-order valence-corrected chi connectivity index (χ2v) is 8.43. The summed E-state index contributed by atoms with van der Waals surface area (Å²) in [5.74, 6) is -1.00. The Hall–Kier alpha value is -2.25. The minimum Gasteiger partial charge on any atom is -0.457 e. The van der Waals surface area contributed by atoms with Crippen LogP contribution in [0.5, 0.6) is 0 Å². The van der Waals surface area contributed by atoms with Crippen molar-refractivity contribution in [3.63, 3.8) is 0 Å². The molecule has 7 heteroatoms. The van der Waals surface area contributed by atoms with Crippen molar-refractivity contribution in [2.45, 2.75) is 24.7 Å². The normalized spacial score (nSPS) is 16.5. The molecule has 0 radical (unpaired) electrons. The lowest BCUT2D eigenvalue weighted by Crippen LogP contribution is -2.40. The number of hydrogen-bond donors (Lipinski definition) is 0. The van der Waals surface area contributed by atoms with E-state index in [0.717, 1.165) is 10.8 Å². The molecule has 1 saturated heterocycles. The molecule has 0 unspecified atom stereocenters. The maximum Gasteiger partial charge on any atom is 0.309 e. The van der Waals surface area contributed by atoms with E-state index >= 15 is 0 Å². The summed E-state index contributed by atoms with van der Waals surface area (Å²) in [6, 6.07) is 12.7. The van der Waals surface area contributed by atoms with Gasteiger partial charge in [-0.2, -0.15) is 4.31 Å². The summed E-state index contributed by atoms with van der Waals surface area (Å²) in [7, 11) is -3.60. The summed E-state index contributed by atoms with van der Waals surface area (Å²) >= 11 is 0. The number of fused-ring (bicyclic) bond motifs is 1. The fourth-order valence-corrected chi connectivity index (χ4v) is 4.60. The number of ketones is 1. The molecule has 1 aliphatic rings. The largest absolute Gasteiger partial charge is 0.457 e. The molecule has 138 valence electrons. The molecule has 26 heavy (non-hydrogen) atoms. The van der Waals surface area contributed by atoms with Gasteiger partial charge in [-0.15, -0.1) is 0 Å². The molecule has 0 aromatic heterocycles. The standard InChI is InChI=1S/C19H21NO5S/c1-14(21)13-25-19(22)16-8-10-20(11-9-16)26(23,24)18-7-6-15-4-2-3-5-17(15)12-18/h2-7,12,16H,8-11,13H2,1H3. The molecule has 0 saturated carbocycles. The number of rotatable bonds is 5. The zero-order valence-electron chi connectivity index (χ0n) is 14.6. The van der Waals surface area contributed by atoms with E-state index in [1.165, 1.54) is 11.2 Å². The van der Waals surface area contributed by atoms with Crippen LogP contribution < -0.4 is 0 Å². The van der Waals surface area contributed by atoms with E-state index in [2.05, 4.69) is 0 Å². The molecule has 0 aliphatic carbocycles. The average molecular weight is 375 g/mol. The van der Waals surface area contributed by atoms with Gasteiger partial charge in [0.1, 0.15) is 6.61 Å². The van der Waals surface area contributed by atoms with E-state index in [1.54, 1.807) is 18.2 Å². The number of carbonyl (C=O) groups is 2. The molecule has 0 N–H and O–H groups in total. The monoisotopic (exact) mass is 375 g/mol. The highest BCUT2D eigenvalue weighted by atomic mass is 32.2. The lowest BCUT2D eigenvalue weighted by Gasteiger charge is -2.30. The summed E-state index contributed by atoms with van der Waals surface area (Å²) in [6.45, 7) is 1.64. The van der Waals surface area contributed by atoms with Gasteiger partial charge < -0.3 is 4.74 Å². The molecule has 6 nitrogen and oxygen atoms in total. The number of benzene rings is 2. The first-order valence-corrected chi connectivity index (χ1v) is 9.97. The number of ether oxygens (including phenoxy) is 1. The predicted molar refractivity (Wildman–Crippen MR) is 97.1 cm³/mol. The van der Waals surface area contributed by atoms with Crippen LogP contribution in [-0.4, -0.2) is 44.2 Å². The molecular weight excluding hydrogens is 354 g/mol. The SMILES string of the molecule is CC(=O)COC(=O)C1CCN(S(=O)(=O)c2ccc3ccccc3c2)CC1. The summed E-state index contributed by atoms with van der Waals surface area (Å²) in [6.07, 6.45) is 0.785. The maximum absolute atomic E-state index is 12.9. The van der Waals surface area contributed by atoms with E-state index in [-0.39, 0.29) is 36.3 Å². The summed E-state index contributed by atoms with van der Waals surface area (Å²) in [5, 5.41) is 1.86. The van der Waals surface area contributed by atoms with Gasteiger partial charge in [-0.05, 0) is 42.7 Å². The minimum atomic E-state index is -3.60. The van der Waals surface area contributed by atoms with Crippen LogP contribution in [0.1, 0.15) is 19.8 Å². The number of sulfonamides is 1. The van der Waals surface area contributed by atoms with E-state index in [4.69, 9.17) is 4.74 Å². The van der Waals surface area contributed by atoms with Gasteiger partial charge in [-0.3, -0.25) is 9.59 Å². The average Bonchev–Trinajstić information content (AvgIpc) is 2.65. The van der Waals surface area contributed by atoms with Gasteiger partial charge in [-0.1, -0.05) is 30.3 Å². The third kappa shape index (κ3) is 3.94. The van der Waals surface area contributed by atoms with E-state index in [9.17, 15) is 18.0 Å². The van der Waals surface area contributed by atoms with E-state index in [1.807, 2.05) is 24.3 Å². The Morgan fingerprint density at radius 2 is 1.73 bits per heavy atom. The molecule has 1 aliphatic heterocycles. The highest BCUT2D eigenvalue weighted by molar-refractivity contribution is 7.89. The summed E-state index contributed by atoms with van der Waals surface area (Å²) in [5.41, 5.74) is 0. The Morgan fingerprint density at radius 1 is 1.08 bits per heavy atom. The molecule has 1 heterocycles. The van der Waals surface area contributed by atoms with Crippen LogP contribution >= 0.6 is 0 Å². The van der Waals surface area contributed by atoms with Crippen molar-refractivity contribution in [1.82, 2.24) is 4.31 Å². The van der Waals surface area contributed by atoms with Crippen molar-refractivity contribution in [3.8, 4) is 0 Å². The minimum absolute atomic E-state index is 0.213. The Balaban J connectivity index is 1.69. The fourth-order valence-electron chi connectivity index (χ4n) is 3.10. The molecule has 2 aromatic rings. The van der Waals surface area contributed by atoms with Gasteiger partial charge in [0.15, 0.2) is 5.78 Å². The first kappa shape index (κ1) is 18.5. The van der Waals surface area contributed by atoms with Gasteiger partial charge in [0.25, 0.3) is 0 Å². The highest BCUT2D eigenvalue weighted by Gasteiger charge is 2.32. The van der Waals surface area contributed by atoms with Crippen molar-refractivity contribution >= 4 is 32.5 Å². The van der Waals surface area contributed by atoms with Crippen LogP contribution in [0.2, 0.25) is 0 Å². The van der Waals surface area contributed by atoms with Crippen LogP contribution in [0.15, 0.2) is 47.4 Å². The number of hydrogen-bond acceptors (Lipinski definition) is 5. The van der Waals surface area contributed by atoms with Gasteiger partial charge in [0.2, 0.25) is 10.0 Å². The third-order valence-electron chi connectivity index (χ3n) is 4.56. The Labute approximate surface area is 152 Å². The molecule has 2 aromatic carbocycles. The fraction of sp³-hybridized carbons (Fsp3) is 0.368. The number of esters is 1. The van der Waals surface area contributed by atoms with Crippen LogP contribution in [0.4, 0.5) is 0 Å². The molecule has 1 fully saturated rings. The van der Waals surface area contributed by atoms with Gasteiger partial charge in [0, 0.05) is 13.1 Å². The first-order valence-electron chi connectivity index (χ1n) is 8.53. The Kier molecular flexibility index (Phi) is 5.38. The first-order chi connectivity index (χ1) is 12.4. The smallest absolute Gasteiger partial charge is 0.309 e. The lowest BCUT2D eigenvalue weighted by molar-refractivity contribution is -0.152. The van der Waals surface area contributed by atoms with Crippen LogP contribution in [0.25, 0.3) is 10.8 Å². The number of carbonyl (C=O) groups excluding carboxylic acids is 2. The van der Waals surface area contributed by atoms with E-state index < -0.39 is 16.0 Å². The molecule has 0 spiro atoms. The number of Topliss-reactive ketones (excluding diaryl/α,β-unsaturated/α-hetero) is 1. The molecular formula is C19H21NO5S. The molecule has 0 bridgehead atoms. The lowest BCUT2D eigenvalue weighted by atomic mass is 9.98. The van der Waals surface area contributed by atoms with Gasteiger partial charge >= 0.3 is 5.97 Å².